The van der Waals surface area contributed by atoms with Gasteiger partial charge in [0.05, 0.1) is 16.7 Å². The fourth-order valence-corrected chi connectivity index (χ4v) is 2.40. The minimum Gasteiger partial charge on any atom is -0.369 e. The first-order valence-corrected chi connectivity index (χ1v) is 5.99. The van der Waals surface area contributed by atoms with Crippen molar-refractivity contribution in [2.24, 2.45) is 0 Å². The summed E-state index contributed by atoms with van der Waals surface area (Å²) in [5.74, 6) is -0.0416. The summed E-state index contributed by atoms with van der Waals surface area (Å²) >= 11 is 5.69. The van der Waals surface area contributed by atoms with Gasteiger partial charge in [0.1, 0.15) is 0 Å². The Morgan fingerprint density at radius 3 is 2.88 bits per heavy atom. The van der Waals surface area contributed by atoms with Crippen LogP contribution in [0.5, 0.6) is 0 Å². The topological polar surface area (TPSA) is 25.4 Å². The van der Waals surface area contributed by atoms with Crippen LogP contribution in [0.2, 0.25) is 5.02 Å². The van der Waals surface area contributed by atoms with Crippen LogP contribution in [-0.2, 0) is 4.74 Å². The Morgan fingerprint density at radius 1 is 1.59 bits per heavy atom. The zero-order valence-electron chi connectivity index (χ0n) is 10.2. The van der Waals surface area contributed by atoms with Crippen LogP contribution in [0.15, 0.2) is 12.3 Å². The molecule has 0 bridgehead atoms. The summed E-state index contributed by atoms with van der Waals surface area (Å²) in [7, 11) is 0. The maximum absolute atomic E-state index is 13.8. The van der Waals surface area contributed by atoms with Gasteiger partial charge in [-0.3, -0.25) is 0 Å². The highest BCUT2D eigenvalue weighted by Gasteiger charge is 2.32. The smallest absolute Gasteiger partial charge is 0.167 e. The Kier molecular flexibility index (Phi) is 3.27. The number of anilines is 1. The Hall–Kier alpha value is -0.870. The summed E-state index contributed by atoms with van der Waals surface area (Å²) in [6.45, 7) is 7.20. The molecule has 0 saturated carbocycles. The summed E-state index contributed by atoms with van der Waals surface area (Å²) in [5, 5.41) is 0.312. The minimum atomic E-state index is -0.387. The Morgan fingerprint density at radius 2 is 2.29 bits per heavy atom. The molecule has 1 saturated heterocycles. The van der Waals surface area contributed by atoms with E-state index in [1.165, 1.54) is 12.3 Å². The predicted molar refractivity (Wildman–Crippen MR) is 66.0 cm³/mol. The van der Waals surface area contributed by atoms with Crippen LogP contribution in [0.1, 0.15) is 20.8 Å². The number of halogens is 2. The summed E-state index contributed by atoms with van der Waals surface area (Å²) in [6, 6.07) is 1.29. The van der Waals surface area contributed by atoms with E-state index in [-0.39, 0.29) is 17.5 Å². The molecule has 0 spiro atoms. The highest BCUT2D eigenvalue weighted by molar-refractivity contribution is 6.30. The van der Waals surface area contributed by atoms with Crippen molar-refractivity contribution in [3.63, 3.8) is 0 Å². The summed E-state index contributed by atoms with van der Waals surface area (Å²) in [6.07, 6.45) is 1.52. The van der Waals surface area contributed by atoms with Crippen molar-refractivity contribution in [2.75, 3.05) is 18.0 Å². The summed E-state index contributed by atoms with van der Waals surface area (Å²) in [5.41, 5.74) is -0.300. The number of aromatic nitrogens is 1. The normalized spacial score (nSPS) is 23.8. The molecule has 5 heteroatoms. The summed E-state index contributed by atoms with van der Waals surface area (Å²) in [4.78, 5) is 5.97. The third-order valence-electron chi connectivity index (χ3n) is 2.66. The molecule has 17 heavy (non-hydrogen) atoms. The SMILES string of the molecule is CC1CN(c2ncc(Cl)cc2F)CC(C)(C)O1. The maximum Gasteiger partial charge on any atom is 0.167 e. The number of rotatable bonds is 1. The molecule has 1 aliphatic rings. The molecule has 2 heterocycles. The average molecular weight is 259 g/mol. The van der Waals surface area contributed by atoms with Gasteiger partial charge in [0.15, 0.2) is 11.6 Å². The lowest BCUT2D eigenvalue weighted by Gasteiger charge is -2.42. The number of hydrogen-bond donors (Lipinski definition) is 0. The van der Waals surface area contributed by atoms with Gasteiger partial charge >= 0.3 is 0 Å². The number of nitrogens with zero attached hydrogens (tertiary/aromatic N) is 2. The lowest BCUT2D eigenvalue weighted by atomic mass is 10.1. The molecule has 0 radical (unpaired) electrons. The van der Waals surface area contributed by atoms with Crippen LogP contribution in [0.4, 0.5) is 10.2 Å². The number of morpholine rings is 1. The summed E-state index contributed by atoms with van der Waals surface area (Å²) < 4.78 is 19.6. The molecule has 0 aromatic carbocycles. The van der Waals surface area contributed by atoms with Crippen LogP contribution in [0, 0.1) is 5.82 Å². The van der Waals surface area contributed by atoms with Gasteiger partial charge in [0, 0.05) is 19.3 Å². The molecule has 0 N–H and O–H groups in total. The van der Waals surface area contributed by atoms with Crippen LogP contribution in [-0.4, -0.2) is 29.8 Å². The molecule has 0 aliphatic carbocycles. The quantitative estimate of drug-likeness (QED) is 0.775. The molecule has 1 atom stereocenters. The van der Waals surface area contributed by atoms with E-state index < -0.39 is 0 Å². The van der Waals surface area contributed by atoms with E-state index in [2.05, 4.69) is 4.98 Å². The van der Waals surface area contributed by atoms with E-state index in [0.717, 1.165) is 0 Å². The highest BCUT2D eigenvalue weighted by atomic mass is 35.5. The first kappa shape index (κ1) is 12.6. The van der Waals surface area contributed by atoms with E-state index in [1.54, 1.807) is 0 Å². The zero-order valence-corrected chi connectivity index (χ0v) is 11.0. The van der Waals surface area contributed by atoms with Gasteiger partial charge < -0.3 is 9.64 Å². The second-order valence-corrected chi connectivity index (χ2v) is 5.46. The number of pyridine rings is 1. The predicted octanol–water partition coefficient (Wildman–Crippen LogP) is 2.88. The lowest BCUT2D eigenvalue weighted by Crippen LogP contribution is -2.52. The average Bonchev–Trinajstić information content (AvgIpc) is 2.13. The van der Waals surface area contributed by atoms with Gasteiger partial charge in [-0.05, 0) is 26.8 Å². The van der Waals surface area contributed by atoms with Gasteiger partial charge in [-0.15, -0.1) is 0 Å². The molecule has 2 rings (SSSR count). The van der Waals surface area contributed by atoms with Crippen molar-refractivity contribution in [3.05, 3.63) is 23.1 Å². The van der Waals surface area contributed by atoms with Gasteiger partial charge in [-0.1, -0.05) is 11.6 Å². The third-order valence-corrected chi connectivity index (χ3v) is 2.86. The Labute approximate surface area is 106 Å². The van der Waals surface area contributed by atoms with Gasteiger partial charge in [-0.2, -0.15) is 0 Å². The number of ether oxygens (including phenoxy) is 1. The van der Waals surface area contributed by atoms with Crippen molar-refractivity contribution >= 4 is 17.4 Å². The van der Waals surface area contributed by atoms with Crippen molar-refractivity contribution in [2.45, 2.75) is 32.5 Å². The number of hydrogen-bond acceptors (Lipinski definition) is 3. The van der Waals surface area contributed by atoms with Crippen LogP contribution < -0.4 is 4.90 Å². The van der Waals surface area contributed by atoms with E-state index in [9.17, 15) is 4.39 Å². The molecule has 1 aromatic heterocycles. The first-order chi connectivity index (χ1) is 7.87. The molecular weight excluding hydrogens is 243 g/mol. The second-order valence-electron chi connectivity index (χ2n) is 5.03. The molecule has 1 unspecified atom stereocenters. The van der Waals surface area contributed by atoms with Gasteiger partial charge in [0.2, 0.25) is 0 Å². The molecule has 1 aromatic rings. The van der Waals surface area contributed by atoms with E-state index in [0.29, 0.717) is 23.9 Å². The van der Waals surface area contributed by atoms with Crippen molar-refractivity contribution in [3.8, 4) is 0 Å². The highest BCUT2D eigenvalue weighted by Crippen LogP contribution is 2.27. The van der Waals surface area contributed by atoms with Crippen LogP contribution in [0.25, 0.3) is 0 Å². The van der Waals surface area contributed by atoms with Crippen LogP contribution in [0.3, 0.4) is 0 Å². The first-order valence-electron chi connectivity index (χ1n) is 5.61. The molecular formula is C12H16ClFN2O. The van der Waals surface area contributed by atoms with Crippen LogP contribution >= 0.6 is 11.6 Å². The van der Waals surface area contributed by atoms with E-state index in [1.807, 2.05) is 25.7 Å². The molecule has 3 nitrogen and oxygen atoms in total. The Bertz CT molecular complexity index is 425. The zero-order chi connectivity index (χ0) is 12.6. The second kappa shape index (κ2) is 4.42. The fourth-order valence-electron chi connectivity index (χ4n) is 2.26. The third kappa shape index (κ3) is 2.87. The molecule has 94 valence electrons. The monoisotopic (exact) mass is 258 g/mol. The van der Waals surface area contributed by atoms with Gasteiger partial charge in [0.25, 0.3) is 0 Å². The maximum atomic E-state index is 13.8. The van der Waals surface area contributed by atoms with E-state index in [4.69, 9.17) is 16.3 Å². The van der Waals surface area contributed by atoms with Crippen molar-refractivity contribution < 1.29 is 9.13 Å². The molecule has 1 aliphatic heterocycles. The van der Waals surface area contributed by atoms with E-state index >= 15 is 0 Å². The minimum absolute atomic E-state index is 0.0515. The van der Waals surface area contributed by atoms with Crippen molar-refractivity contribution in [1.82, 2.24) is 4.98 Å². The standard InChI is InChI=1S/C12H16ClFN2O/c1-8-6-16(7-12(2,3)17-8)11-10(14)4-9(13)5-15-11/h4-5,8H,6-7H2,1-3H3. The molecule has 0 amide bonds. The molecule has 1 fully saturated rings. The van der Waals surface area contributed by atoms with Crippen molar-refractivity contribution in [1.29, 1.82) is 0 Å². The largest absolute Gasteiger partial charge is 0.369 e. The van der Waals surface area contributed by atoms with Gasteiger partial charge in [-0.25, -0.2) is 9.37 Å². The Balaban J connectivity index is 2.27. The fraction of sp³-hybridized carbons (Fsp3) is 0.583. The lowest BCUT2D eigenvalue weighted by molar-refractivity contribution is -0.0753.